The Kier molecular flexibility index (Phi) is 48.7. The number of aliphatic hydroxyl groups excluding tert-OH is 2. The number of carbonyl (C=O) groups is 6. The summed E-state index contributed by atoms with van der Waals surface area (Å²) >= 11 is 0. The Morgan fingerprint density at radius 2 is 1.00 bits per heavy atom. The molecule has 16 nitrogen and oxygen atoms in total. The smallest absolute Gasteiger partial charge is 0.362 e. The fraction of sp³-hybridized carbons (Fsp3) is 0.808. The lowest BCUT2D eigenvalue weighted by molar-refractivity contribution is -0.883. The fourth-order valence-corrected chi connectivity index (χ4v) is 7.39. The number of ether oxygens (including phenoxy) is 4. The average molecular weight is 1040 g/mol. The summed E-state index contributed by atoms with van der Waals surface area (Å²) in [6, 6.07) is 0. The van der Waals surface area contributed by atoms with Crippen LogP contribution in [0.25, 0.3) is 0 Å². The number of nitrogens with zero attached hydrogens (tertiary/aromatic N) is 1. The predicted molar refractivity (Wildman–Crippen MR) is 265 cm³/mol. The zero-order valence-electron chi connectivity index (χ0n) is 44.0. The number of halogens is 2. The minimum atomic E-state index is -0.777. The van der Waals surface area contributed by atoms with Crippen molar-refractivity contribution in [3.8, 4) is 0 Å². The molecule has 0 spiro atoms. The maximum atomic E-state index is 12.8. The second kappa shape index (κ2) is 48.0. The normalized spacial score (nSPS) is 13.1. The molecule has 0 bridgehead atoms. The highest BCUT2D eigenvalue weighted by molar-refractivity contribution is 5.77. The van der Waals surface area contributed by atoms with E-state index in [0.29, 0.717) is 69.2 Å². The molecular formula is C52H96Cl2N4O12. The lowest BCUT2D eigenvalue weighted by Gasteiger charge is -2.30. The number of rotatable bonds is 45. The highest BCUT2D eigenvalue weighted by Gasteiger charge is 2.27. The van der Waals surface area contributed by atoms with E-state index in [1.54, 1.807) is 5.32 Å². The molecule has 410 valence electrons. The number of allylic oxidation sites excluding steroid dienone is 2. The molecule has 18 heteroatoms. The second-order valence-electron chi connectivity index (χ2n) is 18.7. The van der Waals surface area contributed by atoms with Crippen LogP contribution in [0.15, 0.2) is 24.3 Å². The zero-order valence-corrected chi connectivity index (χ0v) is 45.5. The Labute approximate surface area is 434 Å². The molecule has 0 heterocycles. The van der Waals surface area contributed by atoms with Gasteiger partial charge in [0.05, 0.1) is 26.3 Å². The second-order valence-corrected chi connectivity index (χ2v) is 18.7. The molecule has 0 fully saturated rings. The van der Waals surface area contributed by atoms with Gasteiger partial charge in [0, 0.05) is 39.8 Å². The number of carbonyl (C=O) groups excluding carboxylic acids is 6. The van der Waals surface area contributed by atoms with Gasteiger partial charge in [0.2, 0.25) is 11.8 Å². The largest absolute Gasteiger partial charge is 1.00 e. The summed E-state index contributed by atoms with van der Waals surface area (Å²) in [6.45, 7) is 9.38. The van der Waals surface area contributed by atoms with E-state index in [1.165, 1.54) is 13.8 Å². The minimum Gasteiger partial charge on any atom is -1.00 e. The van der Waals surface area contributed by atoms with E-state index in [0.717, 1.165) is 116 Å². The quantitative estimate of drug-likeness (QED) is 0.0180. The predicted octanol–water partition coefficient (Wildman–Crippen LogP) is 0.0528. The van der Waals surface area contributed by atoms with Crippen molar-refractivity contribution in [3.63, 3.8) is 0 Å². The first-order chi connectivity index (χ1) is 32.6. The molecule has 4 atom stereocenters. The zero-order chi connectivity index (χ0) is 50.7. The van der Waals surface area contributed by atoms with Crippen LogP contribution in [0.1, 0.15) is 182 Å². The molecule has 4 unspecified atom stereocenters. The molecule has 0 aromatic rings. The summed E-state index contributed by atoms with van der Waals surface area (Å²) in [6.07, 6.45) is 25.9. The molecule has 0 aromatic heterocycles. The van der Waals surface area contributed by atoms with Crippen molar-refractivity contribution < 1.29 is 92.5 Å². The number of unbranched alkanes of at least 4 members (excludes halogenated alkanes) is 14. The third kappa shape index (κ3) is 45.8. The molecule has 2 amide bonds. The number of aliphatic hydroxyl groups is 2. The number of quaternary nitrogens is 2. The maximum Gasteiger partial charge on any atom is 0.362 e. The standard InChI is InChI=1S/C52H94N4O12.2ClH/c1-7-9-23-31-47(67-51(63)41-53-37-39-65-43(3)57)45(59)29-25-19-15-11-13-17-21-27-33-49(61)54-35-36-55-50(62)34-28-22-18-14-12-16-20-26-30-46(60)48(32-24-10-8-2)68-52(64)42-56(5,6)38-40-66-44(4)58;;/h19-20,25-26,45-48,53,59-60H,7-18,21-24,27-42H2,1-6H3,(H-,54,55,61,62);2*1H/b25-19-,26-20-;;. The Morgan fingerprint density at radius 1 is 0.571 bits per heavy atom. The van der Waals surface area contributed by atoms with Gasteiger partial charge in [0.15, 0.2) is 13.1 Å². The Bertz CT molecular complexity index is 1420. The number of esters is 4. The van der Waals surface area contributed by atoms with Gasteiger partial charge in [-0.05, 0) is 77.0 Å². The number of hydrogen-bond acceptors (Lipinski definition) is 12. The van der Waals surface area contributed by atoms with E-state index < -0.39 is 24.4 Å². The van der Waals surface area contributed by atoms with Crippen LogP contribution in [0.4, 0.5) is 0 Å². The molecule has 0 aliphatic heterocycles. The van der Waals surface area contributed by atoms with Gasteiger partial charge in [-0.15, -0.1) is 0 Å². The first-order valence-corrected chi connectivity index (χ1v) is 26.1. The lowest BCUT2D eigenvalue weighted by Crippen LogP contribution is -3.00. The van der Waals surface area contributed by atoms with E-state index in [2.05, 4.69) is 36.6 Å². The first-order valence-electron chi connectivity index (χ1n) is 26.1. The summed E-state index contributed by atoms with van der Waals surface area (Å²) in [5, 5.41) is 29.2. The topological polar surface area (TPSA) is 220 Å². The summed E-state index contributed by atoms with van der Waals surface area (Å²) in [5.74, 6) is -1.46. The number of nitrogens with one attached hydrogen (secondary N) is 2. The van der Waals surface area contributed by atoms with Crippen molar-refractivity contribution in [2.24, 2.45) is 0 Å². The van der Waals surface area contributed by atoms with Crippen molar-refractivity contribution >= 4 is 35.7 Å². The highest BCUT2D eigenvalue weighted by Crippen LogP contribution is 2.17. The van der Waals surface area contributed by atoms with Crippen LogP contribution in [0.5, 0.6) is 0 Å². The summed E-state index contributed by atoms with van der Waals surface area (Å²) in [5.41, 5.74) is 0. The molecule has 0 rings (SSSR count). The number of hydrogen-bond donors (Lipinski definition) is 5. The van der Waals surface area contributed by atoms with Crippen molar-refractivity contribution in [1.82, 2.24) is 10.6 Å². The van der Waals surface area contributed by atoms with Crippen molar-refractivity contribution in [3.05, 3.63) is 24.3 Å². The third-order valence-corrected chi connectivity index (χ3v) is 11.5. The molecule has 0 saturated heterocycles. The van der Waals surface area contributed by atoms with Crippen LogP contribution in [-0.4, -0.2) is 141 Å². The van der Waals surface area contributed by atoms with Crippen molar-refractivity contribution in [1.29, 1.82) is 0 Å². The van der Waals surface area contributed by atoms with Gasteiger partial charge in [-0.25, -0.2) is 9.59 Å². The van der Waals surface area contributed by atoms with E-state index in [9.17, 15) is 39.0 Å². The molecule has 0 aliphatic carbocycles. The number of likely N-dealkylation sites (N-methyl/N-ethyl adjacent to an activating group) is 1. The average Bonchev–Trinajstić information content (AvgIpc) is 3.27. The Hall–Kier alpha value is -3.28. The number of nitrogens with two attached hydrogens (primary N) is 1. The monoisotopic (exact) mass is 1040 g/mol. The van der Waals surface area contributed by atoms with Crippen LogP contribution >= 0.6 is 0 Å². The fourth-order valence-electron chi connectivity index (χ4n) is 7.39. The van der Waals surface area contributed by atoms with Gasteiger partial charge < -0.3 is 74.4 Å². The summed E-state index contributed by atoms with van der Waals surface area (Å²) in [4.78, 5) is 71.6. The van der Waals surface area contributed by atoms with E-state index in [-0.39, 0.29) is 86.8 Å². The minimum absolute atomic E-state index is 0. The van der Waals surface area contributed by atoms with Crippen LogP contribution in [0, 0.1) is 0 Å². The molecule has 0 aromatic carbocycles. The van der Waals surface area contributed by atoms with E-state index >= 15 is 0 Å². The van der Waals surface area contributed by atoms with E-state index in [1.807, 2.05) is 26.2 Å². The van der Waals surface area contributed by atoms with Crippen molar-refractivity contribution in [2.45, 2.75) is 206 Å². The number of amides is 2. The van der Waals surface area contributed by atoms with E-state index in [4.69, 9.17) is 18.9 Å². The van der Waals surface area contributed by atoms with Crippen molar-refractivity contribution in [2.75, 3.05) is 66.6 Å². The summed E-state index contributed by atoms with van der Waals surface area (Å²) < 4.78 is 21.6. The maximum absolute atomic E-state index is 12.8. The summed E-state index contributed by atoms with van der Waals surface area (Å²) in [7, 11) is 3.76. The highest BCUT2D eigenvalue weighted by atomic mass is 35.5. The van der Waals surface area contributed by atoms with Gasteiger partial charge in [-0.1, -0.05) is 102 Å². The molecular weight excluding hydrogens is 943 g/mol. The van der Waals surface area contributed by atoms with Gasteiger partial charge in [0.25, 0.3) is 0 Å². The van der Waals surface area contributed by atoms with Crippen LogP contribution in [0.3, 0.4) is 0 Å². The lowest BCUT2D eigenvalue weighted by atomic mass is 10.0. The van der Waals surface area contributed by atoms with Gasteiger partial charge >= 0.3 is 23.9 Å². The molecule has 0 radical (unpaired) electrons. The van der Waals surface area contributed by atoms with Gasteiger partial charge in [0.1, 0.15) is 38.5 Å². The Balaban J connectivity index is -0.0000224. The Morgan fingerprint density at radius 3 is 1.46 bits per heavy atom. The first kappa shape index (κ1) is 71.0. The van der Waals surface area contributed by atoms with Crippen LogP contribution in [-0.2, 0) is 47.7 Å². The van der Waals surface area contributed by atoms with Gasteiger partial charge in [-0.2, -0.15) is 0 Å². The molecule has 6 N–H and O–H groups in total. The SMILES string of the molecule is CCCCCC(OC(=O)C[NH2+]CCOC(C)=O)C(O)C/C=C\CCCCCCCC(=O)NCCNC(=O)CCCCCCC/C=C\CC(O)C(CCCCC)OC(=O)C[N+](C)(C)CCOC(C)=O.[Cl-].[Cl-]. The molecule has 0 saturated carbocycles. The third-order valence-electron chi connectivity index (χ3n) is 11.5. The van der Waals surface area contributed by atoms with Crippen LogP contribution in [0.2, 0.25) is 0 Å². The van der Waals surface area contributed by atoms with Gasteiger partial charge in [-0.3, -0.25) is 19.2 Å². The van der Waals surface area contributed by atoms with Crippen LogP contribution < -0.4 is 40.8 Å². The molecule has 70 heavy (non-hydrogen) atoms. The molecule has 0 aliphatic rings.